The molecule has 0 aliphatic carbocycles. The van der Waals surface area contributed by atoms with E-state index >= 15 is 0 Å². The molecule has 5 rings (SSSR count). The number of carbonyl (C=O) groups excluding carboxylic acids is 2. The van der Waals surface area contributed by atoms with E-state index in [4.69, 9.17) is 9.26 Å². The van der Waals surface area contributed by atoms with E-state index in [0.717, 1.165) is 50.9 Å². The van der Waals surface area contributed by atoms with Crippen LogP contribution < -0.4 is 10.6 Å². The van der Waals surface area contributed by atoms with Crippen molar-refractivity contribution in [2.75, 3.05) is 31.6 Å². The number of rotatable bonds is 8. The maximum Gasteiger partial charge on any atom is 0.253 e. The highest BCUT2D eigenvalue weighted by molar-refractivity contribution is 6.04. The number of piperidine rings is 1. The number of hydrogen-bond acceptors (Lipinski definition) is 7. The number of nitrogens with zero attached hydrogens (tertiary/aromatic N) is 3. The zero-order chi connectivity index (χ0) is 24.7. The number of amides is 2. The Labute approximate surface area is 210 Å². The molecule has 2 amide bonds. The molecule has 2 aliphatic rings. The van der Waals surface area contributed by atoms with Crippen molar-refractivity contribution in [3.05, 3.63) is 66.1 Å². The van der Waals surface area contributed by atoms with Crippen LogP contribution in [0.5, 0.6) is 0 Å². The summed E-state index contributed by atoms with van der Waals surface area (Å²) >= 11 is 0. The SMILES string of the molecule is O=C(NCC1CCCO1)c1ccccc1NC(=O)C1CCN(Cc2nc(-c3ccccc3)no2)CC1. The average Bonchev–Trinajstić information content (AvgIpc) is 3.61. The topological polar surface area (TPSA) is 110 Å². The van der Waals surface area contributed by atoms with Crippen molar-refractivity contribution in [2.45, 2.75) is 38.3 Å². The van der Waals surface area contributed by atoms with Crippen molar-refractivity contribution in [3.8, 4) is 11.4 Å². The number of likely N-dealkylation sites (tertiary alicyclic amines) is 1. The number of hydrogen-bond donors (Lipinski definition) is 2. The Morgan fingerprint density at radius 2 is 1.78 bits per heavy atom. The third kappa shape index (κ3) is 5.98. The van der Waals surface area contributed by atoms with Crippen LogP contribution in [0.4, 0.5) is 5.69 Å². The van der Waals surface area contributed by atoms with Crippen molar-refractivity contribution in [3.63, 3.8) is 0 Å². The lowest BCUT2D eigenvalue weighted by molar-refractivity contribution is -0.121. The highest BCUT2D eigenvalue weighted by atomic mass is 16.5. The summed E-state index contributed by atoms with van der Waals surface area (Å²) in [6, 6.07) is 16.9. The zero-order valence-corrected chi connectivity index (χ0v) is 20.2. The Hall–Kier alpha value is -3.56. The highest BCUT2D eigenvalue weighted by Gasteiger charge is 2.27. The van der Waals surface area contributed by atoms with Crippen LogP contribution in [-0.4, -0.2) is 59.2 Å². The van der Waals surface area contributed by atoms with Crippen LogP contribution in [-0.2, 0) is 16.1 Å². The maximum atomic E-state index is 13.0. The minimum Gasteiger partial charge on any atom is -0.376 e. The molecule has 2 N–H and O–H groups in total. The summed E-state index contributed by atoms with van der Waals surface area (Å²) in [7, 11) is 0. The van der Waals surface area contributed by atoms with E-state index in [2.05, 4.69) is 25.7 Å². The first kappa shape index (κ1) is 24.1. The van der Waals surface area contributed by atoms with Gasteiger partial charge >= 0.3 is 0 Å². The molecule has 2 fully saturated rings. The predicted molar refractivity (Wildman–Crippen MR) is 134 cm³/mol. The fraction of sp³-hybridized carbons (Fsp3) is 0.407. The number of aromatic nitrogens is 2. The lowest BCUT2D eigenvalue weighted by atomic mass is 9.95. The van der Waals surface area contributed by atoms with Gasteiger partial charge in [-0.1, -0.05) is 47.6 Å². The molecule has 9 heteroatoms. The second kappa shape index (κ2) is 11.5. The largest absolute Gasteiger partial charge is 0.376 e. The molecule has 0 spiro atoms. The molecule has 1 unspecified atom stereocenters. The quantitative estimate of drug-likeness (QED) is 0.498. The molecular weight excluding hydrogens is 458 g/mol. The summed E-state index contributed by atoms with van der Waals surface area (Å²) in [6.45, 7) is 3.29. The fourth-order valence-corrected chi connectivity index (χ4v) is 4.70. The Morgan fingerprint density at radius 1 is 1.00 bits per heavy atom. The first-order valence-electron chi connectivity index (χ1n) is 12.6. The van der Waals surface area contributed by atoms with E-state index in [-0.39, 0.29) is 23.8 Å². The summed E-state index contributed by atoms with van der Waals surface area (Å²) in [5.74, 6) is 0.772. The van der Waals surface area contributed by atoms with Crippen molar-refractivity contribution in [2.24, 2.45) is 5.92 Å². The first-order valence-corrected chi connectivity index (χ1v) is 12.6. The molecule has 36 heavy (non-hydrogen) atoms. The molecule has 9 nitrogen and oxygen atoms in total. The van der Waals surface area contributed by atoms with E-state index in [1.165, 1.54) is 0 Å². The average molecular weight is 490 g/mol. The Bertz CT molecular complexity index is 1170. The number of benzene rings is 2. The number of anilines is 1. The molecular formula is C27H31N5O4. The van der Waals surface area contributed by atoms with Crippen molar-refractivity contribution < 1.29 is 18.8 Å². The van der Waals surface area contributed by atoms with Gasteiger partial charge in [-0.2, -0.15) is 4.98 Å². The minimum absolute atomic E-state index is 0.0572. The third-order valence-electron chi connectivity index (χ3n) is 6.76. The maximum absolute atomic E-state index is 13.0. The molecule has 3 heterocycles. The Balaban J connectivity index is 1.11. The van der Waals surface area contributed by atoms with Crippen LogP contribution in [0.25, 0.3) is 11.4 Å². The zero-order valence-electron chi connectivity index (χ0n) is 20.2. The van der Waals surface area contributed by atoms with E-state index in [1.807, 2.05) is 36.4 Å². The van der Waals surface area contributed by atoms with Gasteiger partial charge in [0.05, 0.1) is 23.9 Å². The van der Waals surface area contributed by atoms with E-state index in [0.29, 0.717) is 36.1 Å². The number of nitrogens with one attached hydrogen (secondary N) is 2. The van der Waals surface area contributed by atoms with Gasteiger partial charge in [-0.15, -0.1) is 0 Å². The molecule has 1 aromatic heterocycles. The second-order valence-corrected chi connectivity index (χ2v) is 9.31. The van der Waals surface area contributed by atoms with Gasteiger partial charge in [-0.05, 0) is 50.9 Å². The van der Waals surface area contributed by atoms with Gasteiger partial charge < -0.3 is 19.9 Å². The molecule has 3 aromatic rings. The van der Waals surface area contributed by atoms with Crippen LogP contribution in [0.15, 0.2) is 59.1 Å². The molecule has 1 atom stereocenters. The Morgan fingerprint density at radius 3 is 2.56 bits per heavy atom. The van der Waals surface area contributed by atoms with Gasteiger partial charge in [0.15, 0.2) is 0 Å². The summed E-state index contributed by atoms with van der Waals surface area (Å²) in [5, 5.41) is 10.0. The van der Waals surface area contributed by atoms with Crippen LogP contribution >= 0.6 is 0 Å². The van der Waals surface area contributed by atoms with Gasteiger partial charge in [0, 0.05) is 24.6 Å². The molecule has 0 radical (unpaired) electrons. The van der Waals surface area contributed by atoms with Crippen molar-refractivity contribution >= 4 is 17.5 Å². The lowest BCUT2D eigenvalue weighted by Gasteiger charge is -2.30. The standard InChI is InChI=1S/C27H31N5O4/c33-26(29-23-11-5-4-10-22(23)27(34)28-17-21-9-6-16-35-21)20-12-14-32(15-13-20)18-24-30-25(31-36-24)19-7-2-1-3-8-19/h1-5,7-8,10-11,20-21H,6,9,12-18H2,(H,28,34)(H,29,33). The molecule has 0 saturated carbocycles. The van der Waals surface area contributed by atoms with Crippen LogP contribution in [0, 0.1) is 5.92 Å². The fourth-order valence-electron chi connectivity index (χ4n) is 4.70. The van der Waals surface area contributed by atoms with Crippen molar-refractivity contribution in [1.82, 2.24) is 20.4 Å². The monoisotopic (exact) mass is 489 g/mol. The van der Waals surface area contributed by atoms with Crippen LogP contribution in [0.2, 0.25) is 0 Å². The van der Waals surface area contributed by atoms with Gasteiger partial charge in [-0.3, -0.25) is 14.5 Å². The summed E-state index contributed by atoms with van der Waals surface area (Å²) in [5.41, 5.74) is 1.92. The second-order valence-electron chi connectivity index (χ2n) is 9.31. The van der Waals surface area contributed by atoms with Crippen LogP contribution in [0.1, 0.15) is 41.9 Å². The minimum atomic E-state index is -0.203. The van der Waals surface area contributed by atoms with Gasteiger partial charge in [-0.25, -0.2) is 0 Å². The lowest BCUT2D eigenvalue weighted by Crippen LogP contribution is -2.38. The number of para-hydroxylation sites is 1. The van der Waals surface area contributed by atoms with E-state index in [1.54, 1.807) is 18.2 Å². The smallest absolute Gasteiger partial charge is 0.253 e. The molecule has 188 valence electrons. The number of ether oxygens (including phenoxy) is 1. The summed E-state index contributed by atoms with van der Waals surface area (Å²) in [6.07, 6.45) is 3.49. The van der Waals surface area contributed by atoms with Gasteiger partial charge in [0.2, 0.25) is 17.6 Å². The van der Waals surface area contributed by atoms with Crippen molar-refractivity contribution in [1.29, 1.82) is 0 Å². The normalized spacial score (nSPS) is 18.7. The highest BCUT2D eigenvalue weighted by Crippen LogP contribution is 2.23. The summed E-state index contributed by atoms with van der Waals surface area (Å²) < 4.78 is 11.0. The third-order valence-corrected chi connectivity index (χ3v) is 6.76. The number of carbonyl (C=O) groups is 2. The molecule has 0 bridgehead atoms. The molecule has 2 aromatic carbocycles. The molecule has 2 aliphatic heterocycles. The van der Waals surface area contributed by atoms with E-state index < -0.39 is 0 Å². The van der Waals surface area contributed by atoms with E-state index in [9.17, 15) is 9.59 Å². The summed E-state index contributed by atoms with van der Waals surface area (Å²) in [4.78, 5) is 32.5. The predicted octanol–water partition coefficient (Wildman–Crippen LogP) is 3.50. The van der Waals surface area contributed by atoms with Gasteiger partial charge in [0.25, 0.3) is 5.91 Å². The molecule has 2 saturated heterocycles. The van der Waals surface area contributed by atoms with Gasteiger partial charge in [0.1, 0.15) is 0 Å². The van der Waals surface area contributed by atoms with Crippen LogP contribution in [0.3, 0.4) is 0 Å². The first-order chi connectivity index (χ1) is 17.7. The Kier molecular flexibility index (Phi) is 7.68.